The van der Waals surface area contributed by atoms with Crippen molar-refractivity contribution in [1.82, 2.24) is 0 Å². The molecule has 0 fully saturated rings. The Balaban J connectivity index is 2.23. The summed E-state index contributed by atoms with van der Waals surface area (Å²) in [4.78, 5) is 23.5. The Bertz CT molecular complexity index is 832. The maximum atomic E-state index is 12.3. The molecule has 25 heavy (non-hydrogen) atoms. The van der Waals surface area contributed by atoms with Crippen molar-refractivity contribution in [3.8, 4) is 11.5 Å². The number of carbonyl (C=O) groups excluding carboxylic acids is 1. The largest absolute Gasteiger partial charge is 0.493 e. The lowest BCUT2D eigenvalue weighted by Gasteiger charge is -2.09. The van der Waals surface area contributed by atoms with E-state index < -0.39 is 11.9 Å². The highest BCUT2D eigenvalue weighted by Gasteiger charge is 2.13. The number of benzene rings is 2. The molecule has 0 saturated carbocycles. The standard InChI is InChI=1S/C18H16INO5/c1-24-15-8-7-11(10-16(15)25-2)9-13(19)17(21)20-14-6-4-3-5-12(14)18(22)23/h3-10H,1-2H3,(H,20,21)(H,22,23). The van der Waals surface area contributed by atoms with Gasteiger partial charge in [0.1, 0.15) is 0 Å². The van der Waals surface area contributed by atoms with Gasteiger partial charge in [0.2, 0.25) is 0 Å². The van der Waals surface area contributed by atoms with Crippen LogP contribution in [0.4, 0.5) is 5.69 Å². The summed E-state index contributed by atoms with van der Waals surface area (Å²) in [6.45, 7) is 0. The van der Waals surface area contributed by atoms with Crippen LogP contribution in [0.15, 0.2) is 46.0 Å². The molecule has 0 saturated heterocycles. The van der Waals surface area contributed by atoms with Gasteiger partial charge >= 0.3 is 5.97 Å². The van der Waals surface area contributed by atoms with E-state index in [9.17, 15) is 9.59 Å². The third-order valence-corrected chi connectivity index (χ3v) is 4.12. The maximum absolute atomic E-state index is 12.3. The number of carbonyl (C=O) groups is 2. The second kappa shape index (κ2) is 8.52. The predicted molar refractivity (Wildman–Crippen MR) is 104 cm³/mol. The quantitative estimate of drug-likeness (QED) is 0.514. The van der Waals surface area contributed by atoms with Gasteiger partial charge in [-0.05, 0) is 58.5 Å². The molecule has 0 unspecified atom stereocenters. The highest BCUT2D eigenvalue weighted by Crippen LogP contribution is 2.29. The van der Waals surface area contributed by atoms with E-state index in [1.54, 1.807) is 49.6 Å². The lowest BCUT2D eigenvalue weighted by atomic mass is 10.1. The summed E-state index contributed by atoms with van der Waals surface area (Å²) in [5.41, 5.74) is 1.03. The number of nitrogens with one attached hydrogen (secondary N) is 1. The molecule has 1 amide bonds. The first-order valence-electron chi connectivity index (χ1n) is 7.19. The summed E-state index contributed by atoms with van der Waals surface area (Å²) in [6, 6.07) is 11.5. The summed E-state index contributed by atoms with van der Waals surface area (Å²) in [7, 11) is 3.08. The van der Waals surface area contributed by atoms with E-state index in [0.29, 0.717) is 15.1 Å². The molecule has 0 radical (unpaired) electrons. The molecule has 0 atom stereocenters. The number of amides is 1. The summed E-state index contributed by atoms with van der Waals surface area (Å²) in [5.74, 6) is -0.356. The van der Waals surface area contributed by atoms with Crippen LogP contribution < -0.4 is 14.8 Å². The van der Waals surface area contributed by atoms with Crippen molar-refractivity contribution < 1.29 is 24.2 Å². The first-order valence-corrected chi connectivity index (χ1v) is 8.27. The Morgan fingerprint density at radius 2 is 1.76 bits per heavy atom. The van der Waals surface area contributed by atoms with E-state index in [-0.39, 0.29) is 11.3 Å². The van der Waals surface area contributed by atoms with Crippen LogP contribution in [0.25, 0.3) is 6.08 Å². The highest BCUT2D eigenvalue weighted by atomic mass is 127. The van der Waals surface area contributed by atoms with Gasteiger partial charge in [-0.2, -0.15) is 0 Å². The molecule has 2 N–H and O–H groups in total. The van der Waals surface area contributed by atoms with Crippen LogP contribution in [0.2, 0.25) is 0 Å². The Morgan fingerprint density at radius 3 is 2.40 bits per heavy atom. The van der Waals surface area contributed by atoms with Crippen LogP contribution in [0, 0.1) is 0 Å². The van der Waals surface area contributed by atoms with Crippen LogP contribution in [0.3, 0.4) is 0 Å². The van der Waals surface area contributed by atoms with E-state index in [1.165, 1.54) is 13.2 Å². The fraction of sp³-hybridized carbons (Fsp3) is 0.111. The van der Waals surface area contributed by atoms with E-state index in [2.05, 4.69) is 5.32 Å². The number of rotatable bonds is 6. The third-order valence-electron chi connectivity index (χ3n) is 3.32. The van der Waals surface area contributed by atoms with Crippen molar-refractivity contribution >= 4 is 46.2 Å². The van der Waals surface area contributed by atoms with Crippen molar-refractivity contribution in [2.45, 2.75) is 0 Å². The fourth-order valence-corrected chi connectivity index (χ4v) is 2.61. The summed E-state index contributed by atoms with van der Waals surface area (Å²) in [5, 5.41) is 11.8. The smallest absolute Gasteiger partial charge is 0.337 e. The Kier molecular flexibility index (Phi) is 6.40. The molecular formula is C18H16INO5. The number of para-hydroxylation sites is 1. The Morgan fingerprint density at radius 1 is 1.08 bits per heavy atom. The van der Waals surface area contributed by atoms with Crippen LogP contribution in [-0.2, 0) is 4.79 Å². The topological polar surface area (TPSA) is 84.9 Å². The molecule has 130 valence electrons. The molecule has 0 spiro atoms. The van der Waals surface area contributed by atoms with Gasteiger partial charge in [-0.3, -0.25) is 4.79 Å². The normalized spacial score (nSPS) is 10.9. The molecule has 0 aliphatic carbocycles. The first-order chi connectivity index (χ1) is 12.0. The summed E-state index contributed by atoms with van der Waals surface area (Å²) >= 11 is 1.90. The second-order valence-corrected chi connectivity index (χ2v) is 6.07. The molecular weight excluding hydrogens is 437 g/mol. The third kappa shape index (κ3) is 4.72. The average molecular weight is 453 g/mol. The maximum Gasteiger partial charge on any atom is 0.337 e. The monoisotopic (exact) mass is 453 g/mol. The highest BCUT2D eigenvalue weighted by molar-refractivity contribution is 14.1. The molecule has 0 bridgehead atoms. The lowest BCUT2D eigenvalue weighted by Crippen LogP contribution is -2.14. The van der Waals surface area contributed by atoms with Crippen molar-refractivity contribution in [3.63, 3.8) is 0 Å². The molecule has 2 aromatic rings. The number of methoxy groups -OCH3 is 2. The minimum atomic E-state index is -1.10. The number of ether oxygens (including phenoxy) is 2. The van der Waals surface area contributed by atoms with Crippen molar-refractivity contribution in [3.05, 3.63) is 57.2 Å². The summed E-state index contributed by atoms with van der Waals surface area (Å²) < 4.78 is 10.8. The molecule has 7 heteroatoms. The van der Waals surface area contributed by atoms with Crippen LogP contribution in [0.5, 0.6) is 11.5 Å². The van der Waals surface area contributed by atoms with E-state index in [0.717, 1.165) is 5.56 Å². The van der Waals surface area contributed by atoms with Gasteiger partial charge in [0.25, 0.3) is 5.91 Å². The zero-order valence-corrected chi connectivity index (χ0v) is 15.7. The number of carboxylic acids is 1. The number of carboxylic acid groups (broad SMARTS) is 1. The molecule has 0 aliphatic heterocycles. The number of hydrogen-bond donors (Lipinski definition) is 2. The number of hydrogen-bond acceptors (Lipinski definition) is 4. The molecule has 2 aromatic carbocycles. The van der Waals surface area contributed by atoms with Crippen molar-refractivity contribution in [2.24, 2.45) is 0 Å². The zero-order valence-electron chi connectivity index (χ0n) is 13.6. The molecule has 0 aliphatic rings. The van der Waals surface area contributed by atoms with Crippen LogP contribution in [0.1, 0.15) is 15.9 Å². The molecule has 2 rings (SSSR count). The lowest BCUT2D eigenvalue weighted by molar-refractivity contribution is -0.112. The summed E-state index contributed by atoms with van der Waals surface area (Å²) in [6.07, 6.45) is 1.67. The van der Waals surface area contributed by atoms with Gasteiger partial charge < -0.3 is 19.9 Å². The number of anilines is 1. The Labute approximate surface area is 158 Å². The first kappa shape index (κ1) is 18.8. The predicted octanol–water partition coefficient (Wildman–Crippen LogP) is 3.82. The van der Waals surface area contributed by atoms with Gasteiger partial charge in [-0.25, -0.2) is 4.79 Å². The van der Waals surface area contributed by atoms with Gasteiger partial charge in [-0.15, -0.1) is 0 Å². The van der Waals surface area contributed by atoms with Gasteiger partial charge in [-0.1, -0.05) is 18.2 Å². The average Bonchev–Trinajstić information content (AvgIpc) is 2.61. The zero-order chi connectivity index (χ0) is 18.4. The molecule has 6 nitrogen and oxygen atoms in total. The minimum Gasteiger partial charge on any atom is -0.493 e. The van der Waals surface area contributed by atoms with E-state index in [4.69, 9.17) is 14.6 Å². The van der Waals surface area contributed by atoms with Gasteiger partial charge in [0.15, 0.2) is 11.5 Å². The van der Waals surface area contributed by atoms with Crippen molar-refractivity contribution in [1.29, 1.82) is 0 Å². The van der Waals surface area contributed by atoms with Crippen LogP contribution >= 0.6 is 22.6 Å². The second-order valence-electron chi connectivity index (χ2n) is 4.91. The number of aromatic carboxylic acids is 1. The van der Waals surface area contributed by atoms with E-state index in [1.807, 2.05) is 22.6 Å². The molecule has 0 heterocycles. The number of halogens is 1. The Hall–Kier alpha value is -2.55. The minimum absolute atomic E-state index is 0.0335. The van der Waals surface area contributed by atoms with Gasteiger partial charge in [0.05, 0.1) is 29.1 Å². The fourth-order valence-electron chi connectivity index (χ4n) is 2.12. The van der Waals surface area contributed by atoms with Crippen molar-refractivity contribution in [2.75, 3.05) is 19.5 Å². The van der Waals surface area contributed by atoms with Crippen LogP contribution in [-0.4, -0.2) is 31.2 Å². The van der Waals surface area contributed by atoms with E-state index >= 15 is 0 Å². The molecule has 0 aromatic heterocycles. The SMILES string of the molecule is COc1ccc(C=C(I)C(=O)Nc2ccccc2C(=O)O)cc1OC. The van der Waals surface area contributed by atoms with Gasteiger partial charge in [0, 0.05) is 0 Å².